The number of piperazine rings is 1. The van der Waals surface area contributed by atoms with E-state index >= 15 is 0 Å². The maximum absolute atomic E-state index is 12.9. The van der Waals surface area contributed by atoms with Gasteiger partial charge in [0.1, 0.15) is 6.04 Å². The van der Waals surface area contributed by atoms with Crippen LogP contribution in [0, 0.1) is 0 Å². The molecular weight excluding hydrogens is 342 g/mol. The Morgan fingerprint density at radius 1 is 1.00 bits per heavy atom. The first-order valence-corrected chi connectivity index (χ1v) is 9.06. The molecule has 2 aliphatic rings. The predicted molar refractivity (Wildman–Crippen MR) is 102 cm³/mol. The van der Waals surface area contributed by atoms with Crippen LogP contribution >= 0.6 is 0 Å². The topological polar surface area (TPSA) is 60.9 Å². The van der Waals surface area contributed by atoms with Crippen molar-refractivity contribution in [3.8, 4) is 0 Å². The Labute approximate surface area is 158 Å². The van der Waals surface area contributed by atoms with Crippen LogP contribution in [-0.4, -0.2) is 53.2 Å². The highest BCUT2D eigenvalue weighted by Crippen LogP contribution is 2.28. The van der Waals surface area contributed by atoms with Gasteiger partial charge in [0.2, 0.25) is 0 Å². The average molecular weight is 363 g/mol. The van der Waals surface area contributed by atoms with E-state index in [4.69, 9.17) is 0 Å². The lowest BCUT2D eigenvalue weighted by Crippen LogP contribution is -2.52. The summed E-state index contributed by atoms with van der Waals surface area (Å²) >= 11 is 0. The smallest absolute Gasteiger partial charge is 0.309 e. The van der Waals surface area contributed by atoms with Crippen LogP contribution in [0.2, 0.25) is 0 Å². The van der Waals surface area contributed by atoms with Crippen molar-refractivity contribution in [3.63, 3.8) is 0 Å². The number of carbonyl (C=O) groups excluding carboxylic acids is 3. The second-order valence-electron chi connectivity index (χ2n) is 6.99. The molecule has 0 aliphatic carbocycles. The van der Waals surface area contributed by atoms with Gasteiger partial charge in [-0.2, -0.15) is 0 Å². The molecule has 0 aromatic heterocycles. The number of Topliss-reactive ketones (excluding diaryl/α,β-unsaturated/α-hetero) is 1. The average Bonchev–Trinajstić information content (AvgIpc) is 2.93. The van der Waals surface area contributed by atoms with Crippen LogP contribution in [0.4, 0.5) is 10.5 Å². The number of fused-ring (bicyclic) bond motifs is 1. The van der Waals surface area contributed by atoms with Crippen LogP contribution in [0.1, 0.15) is 22.8 Å². The van der Waals surface area contributed by atoms with Gasteiger partial charge in [0, 0.05) is 31.7 Å². The third-order valence-electron chi connectivity index (χ3n) is 5.19. The van der Waals surface area contributed by atoms with Gasteiger partial charge in [-0.05, 0) is 36.8 Å². The van der Waals surface area contributed by atoms with Crippen molar-refractivity contribution < 1.29 is 14.4 Å². The number of hydrogen-bond acceptors (Lipinski definition) is 4. The molecule has 0 bridgehead atoms. The van der Waals surface area contributed by atoms with E-state index in [9.17, 15) is 14.4 Å². The summed E-state index contributed by atoms with van der Waals surface area (Å²) < 4.78 is 0. The third-order valence-corrected chi connectivity index (χ3v) is 5.19. The minimum atomic E-state index is -0.456. The van der Waals surface area contributed by atoms with Gasteiger partial charge in [-0.3, -0.25) is 14.5 Å². The Balaban J connectivity index is 1.51. The number of benzene rings is 2. The Morgan fingerprint density at radius 2 is 1.70 bits per heavy atom. The minimum Gasteiger partial charge on any atom is -0.309 e. The first-order valence-electron chi connectivity index (χ1n) is 9.06. The van der Waals surface area contributed by atoms with Gasteiger partial charge in [0.15, 0.2) is 5.78 Å². The van der Waals surface area contributed by atoms with Crippen molar-refractivity contribution in [3.05, 3.63) is 65.7 Å². The molecule has 2 aromatic rings. The predicted octanol–water partition coefficient (Wildman–Crippen LogP) is 2.54. The van der Waals surface area contributed by atoms with E-state index in [1.54, 1.807) is 29.2 Å². The summed E-state index contributed by atoms with van der Waals surface area (Å²) in [7, 11) is 0. The highest BCUT2D eigenvalue weighted by atomic mass is 16.2. The van der Waals surface area contributed by atoms with Crippen molar-refractivity contribution in [2.24, 2.45) is 0 Å². The van der Waals surface area contributed by atoms with Gasteiger partial charge >= 0.3 is 6.03 Å². The quantitative estimate of drug-likeness (QED) is 0.619. The SMILES string of the molecule is CC(=O)c1ccc(N2C(=O)C3CN(Cc4ccccc4)CCN3C2=O)cc1. The molecule has 1 atom stereocenters. The van der Waals surface area contributed by atoms with Gasteiger partial charge in [0.05, 0.1) is 5.69 Å². The summed E-state index contributed by atoms with van der Waals surface area (Å²) in [6, 6.07) is 16.0. The summed E-state index contributed by atoms with van der Waals surface area (Å²) in [5, 5.41) is 0. The Hall–Kier alpha value is -2.99. The van der Waals surface area contributed by atoms with E-state index in [-0.39, 0.29) is 17.7 Å². The molecule has 0 saturated carbocycles. The van der Waals surface area contributed by atoms with E-state index in [0.29, 0.717) is 24.3 Å². The zero-order valence-electron chi connectivity index (χ0n) is 15.2. The van der Waals surface area contributed by atoms with Gasteiger partial charge in [-0.1, -0.05) is 30.3 Å². The molecule has 3 amide bonds. The van der Waals surface area contributed by atoms with Crippen LogP contribution in [0.15, 0.2) is 54.6 Å². The highest BCUT2D eigenvalue weighted by molar-refractivity contribution is 6.21. The van der Waals surface area contributed by atoms with Crippen LogP contribution in [0.5, 0.6) is 0 Å². The lowest BCUT2D eigenvalue weighted by atomic mass is 10.1. The molecule has 0 spiro atoms. The number of ketones is 1. The lowest BCUT2D eigenvalue weighted by molar-refractivity contribution is -0.121. The van der Waals surface area contributed by atoms with E-state index in [2.05, 4.69) is 17.0 Å². The lowest BCUT2D eigenvalue weighted by Gasteiger charge is -2.35. The molecule has 1 unspecified atom stereocenters. The fraction of sp³-hybridized carbons (Fsp3) is 0.286. The molecular formula is C21H21N3O3. The van der Waals surface area contributed by atoms with E-state index in [0.717, 1.165) is 13.1 Å². The summed E-state index contributed by atoms with van der Waals surface area (Å²) in [6.07, 6.45) is 0. The van der Waals surface area contributed by atoms with Crippen molar-refractivity contribution in [2.45, 2.75) is 19.5 Å². The fourth-order valence-electron chi connectivity index (χ4n) is 3.72. The number of anilines is 1. The molecule has 0 radical (unpaired) electrons. The van der Waals surface area contributed by atoms with Crippen molar-refractivity contribution in [2.75, 3.05) is 24.5 Å². The Morgan fingerprint density at radius 3 is 2.37 bits per heavy atom. The number of hydrogen-bond donors (Lipinski definition) is 0. The van der Waals surface area contributed by atoms with Crippen LogP contribution in [-0.2, 0) is 11.3 Å². The maximum atomic E-state index is 12.9. The molecule has 4 rings (SSSR count). The number of nitrogens with zero attached hydrogens (tertiary/aromatic N) is 3. The first-order chi connectivity index (χ1) is 13.0. The molecule has 2 aromatic carbocycles. The molecule has 0 N–H and O–H groups in total. The molecule has 2 saturated heterocycles. The van der Waals surface area contributed by atoms with Gasteiger partial charge in [0.25, 0.3) is 5.91 Å². The van der Waals surface area contributed by atoms with Crippen LogP contribution in [0.25, 0.3) is 0 Å². The molecule has 2 heterocycles. The van der Waals surface area contributed by atoms with Crippen LogP contribution in [0.3, 0.4) is 0 Å². The number of rotatable bonds is 4. The van der Waals surface area contributed by atoms with Crippen molar-refractivity contribution in [1.82, 2.24) is 9.80 Å². The monoisotopic (exact) mass is 363 g/mol. The molecule has 6 heteroatoms. The van der Waals surface area contributed by atoms with Crippen LogP contribution < -0.4 is 4.90 Å². The number of imide groups is 1. The second-order valence-corrected chi connectivity index (χ2v) is 6.99. The fourth-order valence-corrected chi connectivity index (χ4v) is 3.72. The second kappa shape index (κ2) is 6.96. The summed E-state index contributed by atoms with van der Waals surface area (Å²) in [6.45, 7) is 4.05. The highest BCUT2D eigenvalue weighted by Gasteiger charge is 2.48. The standard InChI is InChI=1S/C21H21N3O3/c1-15(25)17-7-9-18(10-8-17)24-20(26)19-14-22(11-12-23(19)21(24)27)13-16-5-3-2-4-6-16/h2-10,19H,11-14H2,1H3. The van der Waals surface area contributed by atoms with E-state index in [1.165, 1.54) is 17.4 Å². The molecule has 2 fully saturated rings. The van der Waals surface area contributed by atoms with Crippen molar-refractivity contribution in [1.29, 1.82) is 0 Å². The molecule has 6 nitrogen and oxygen atoms in total. The summed E-state index contributed by atoms with van der Waals surface area (Å²) in [5.74, 6) is -0.247. The number of carbonyl (C=O) groups is 3. The largest absolute Gasteiger partial charge is 0.332 e. The normalized spacial score (nSPS) is 20.1. The summed E-state index contributed by atoms with van der Waals surface area (Å²) in [4.78, 5) is 42.3. The summed E-state index contributed by atoms with van der Waals surface area (Å²) in [5.41, 5.74) is 2.27. The van der Waals surface area contributed by atoms with E-state index < -0.39 is 6.04 Å². The Bertz CT molecular complexity index is 879. The third kappa shape index (κ3) is 3.24. The zero-order chi connectivity index (χ0) is 19.0. The zero-order valence-corrected chi connectivity index (χ0v) is 15.2. The Kier molecular flexibility index (Phi) is 4.49. The number of amides is 3. The number of urea groups is 1. The van der Waals surface area contributed by atoms with E-state index in [1.807, 2.05) is 18.2 Å². The van der Waals surface area contributed by atoms with Crippen molar-refractivity contribution >= 4 is 23.4 Å². The maximum Gasteiger partial charge on any atom is 0.332 e. The minimum absolute atomic E-state index is 0.0467. The van der Waals surface area contributed by atoms with Gasteiger partial charge in [-0.25, -0.2) is 9.69 Å². The molecule has 2 aliphatic heterocycles. The molecule has 138 valence electrons. The van der Waals surface area contributed by atoms with Gasteiger partial charge in [-0.15, -0.1) is 0 Å². The first kappa shape index (κ1) is 17.4. The van der Waals surface area contributed by atoms with Gasteiger partial charge < -0.3 is 4.90 Å². The molecule has 27 heavy (non-hydrogen) atoms.